The number of benzene rings is 7. The van der Waals surface area contributed by atoms with Crippen LogP contribution in [0.5, 0.6) is 0 Å². The molecule has 0 radical (unpaired) electrons. The van der Waals surface area contributed by atoms with E-state index in [9.17, 15) is 0 Å². The lowest BCUT2D eigenvalue weighted by Crippen LogP contribution is -2.00. The van der Waals surface area contributed by atoms with Crippen molar-refractivity contribution >= 4 is 54.4 Å². The first-order valence-corrected chi connectivity index (χ1v) is 16.4. The van der Waals surface area contributed by atoms with Gasteiger partial charge < -0.3 is 9.13 Å². The van der Waals surface area contributed by atoms with Gasteiger partial charge in [0.05, 0.1) is 39.1 Å². The fourth-order valence-corrected chi connectivity index (χ4v) is 7.59. The van der Waals surface area contributed by atoms with Crippen molar-refractivity contribution in [1.29, 1.82) is 0 Å². The molecule has 10 aromatic rings. The predicted molar refractivity (Wildman–Crippen MR) is 201 cm³/mol. The summed E-state index contributed by atoms with van der Waals surface area (Å²) < 4.78 is 4.92. The van der Waals surface area contributed by atoms with Gasteiger partial charge in [-0.2, -0.15) is 0 Å². The maximum Gasteiger partial charge on any atom is 0.0730 e. The summed E-state index contributed by atoms with van der Waals surface area (Å²) in [5, 5.41) is 7.40. The molecular weight excluding hydrogens is 583 g/mol. The Balaban J connectivity index is 1.42. The molecule has 0 saturated carbocycles. The Labute approximate surface area is 277 Å². The summed E-state index contributed by atoms with van der Waals surface area (Å²) >= 11 is 0. The van der Waals surface area contributed by atoms with Gasteiger partial charge in [-0.25, -0.2) is 4.98 Å². The summed E-state index contributed by atoms with van der Waals surface area (Å²) in [5.74, 6) is 0. The third-order valence-corrected chi connectivity index (χ3v) is 9.67. The molecule has 0 atom stereocenters. The van der Waals surface area contributed by atoms with E-state index in [0.29, 0.717) is 0 Å². The van der Waals surface area contributed by atoms with Gasteiger partial charge in [0.15, 0.2) is 0 Å². The molecule has 3 nitrogen and oxygen atoms in total. The van der Waals surface area contributed by atoms with Gasteiger partial charge in [-0.3, -0.25) is 0 Å². The molecule has 48 heavy (non-hydrogen) atoms. The standard InChI is InChI=1S/C45H29N3/c1-4-14-30(15-5-1)39-28-34(29-40(46-39)31-16-6-2-7-17-31)48-42-23-13-11-21-36(42)38-27-25-32-24-26-37-35-20-10-12-22-41(35)47(33-18-8-3-9-19-33)44(37)43(32)45(38)48/h1-29H. The molecule has 3 heterocycles. The van der Waals surface area contributed by atoms with Gasteiger partial charge in [0.25, 0.3) is 0 Å². The summed E-state index contributed by atoms with van der Waals surface area (Å²) in [6.45, 7) is 0. The van der Waals surface area contributed by atoms with Gasteiger partial charge in [0, 0.05) is 43.7 Å². The average Bonchev–Trinajstić information content (AvgIpc) is 3.69. The highest BCUT2D eigenvalue weighted by Crippen LogP contribution is 2.43. The van der Waals surface area contributed by atoms with Crippen LogP contribution in [0.3, 0.4) is 0 Å². The van der Waals surface area contributed by atoms with E-state index in [1.807, 2.05) is 0 Å². The molecule has 0 fully saturated rings. The lowest BCUT2D eigenvalue weighted by Gasteiger charge is -2.15. The Bertz CT molecular complexity index is 2750. The highest BCUT2D eigenvalue weighted by Gasteiger charge is 2.21. The minimum absolute atomic E-state index is 0.946. The topological polar surface area (TPSA) is 22.8 Å². The molecule has 10 rings (SSSR count). The van der Waals surface area contributed by atoms with Crippen molar-refractivity contribution < 1.29 is 0 Å². The Morgan fingerprint density at radius 3 is 1.31 bits per heavy atom. The van der Waals surface area contributed by atoms with E-state index in [-0.39, 0.29) is 0 Å². The van der Waals surface area contributed by atoms with Gasteiger partial charge >= 0.3 is 0 Å². The summed E-state index contributed by atoms with van der Waals surface area (Å²) in [6, 6.07) is 63.0. The Morgan fingerprint density at radius 2 is 0.792 bits per heavy atom. The second kappa shape index (κ2) is 10.5. The monoisotopic (exact) mass is 611 g/mol. The van der Waals surface area contributed by atoms with Crippen LogP contribution in [-0.2, 0) is 0 Å². The van der Waals surface area contributed by atoms with Crippen molar-refractivity contribution in [2.24, 2.45) is 0 Å². The zero-order chi connectivity index (χ0) is 31.6. The lowest BCUT2D eigenvalue weighted by molar-refractivity contribution is 1.16. The molecule has 224 valence electrons. The SMILES string of the molecule is c1ccc(-c2cc(-n3c4ccccc4c4ccc5ccc6c7ccccc7n(-c7ccccc7)c6c5c43)cc(-c3ccccc3)n2)cc1. The minimum Gasteiger partial charge on any atom is -0.309 e. The van der Waals surface area contributed by atoms with Crippen molar-refractivity contribution in [3.63, 3.8) is 0 Å². The number of pyridine rings is 1. The van der Waals surface area contributed by atoms with Gasteiger partial charge in [-0.15, -0.1) is 0 Å². The predicted octanol–water partition coefficient (Wildman–Crippen LogP) is 11.8. The molecule has 3 heteroatoms. The Kier molecular flexibility index (Phi) is 5.87. The third-order valence-electron chi connectivity index (χ3n) is 9.67. The van der Waals surface area contributed by atoms with Crippen LogP contribution < -0.4 is 0 Å². The molecule has 0 saturated heterocycles. The van der Waals surface area contributed by atoms with Crippen molar-refractivity contribution in [3.05, 3.63) is 176 Å². The first kappa shape index (κ1) is 26.7. The molecule has 0 aliphatic carbocycles. The lowest BCUT2D eigenvalue weighted by atomic mass is 10.0. The molecule has 0 aliphatic heterocycles. The van der Waals surface area contributed by atoms with E-state index >= 15 is 0 Å². The van der Waals surface area contributed by atoms with Crippen LogP contribution in [-0.4, -0.2) is 14.1 Å². The van der Waals surface area contributed by atoms with E-state index in [0.717, 1.165) is 33.9 Å². The molecule has 0 N–H and O–H groups in total. The van der Waals surface area contributed by atoms with Crippen molar-refractivity contribution in [1.82, 2.24) is 14.1 Å². The summed E-state index contributed by atoms with van der Waals surface area (Å²) in [6.07, 6.45) is 0. The number of fused-ring (bicyclic) bond motifs is 9. The van der Waals surface area contributed by atoms with Crippen LogP contribution in [0.25, 0.3) is 88.3 Å². The van der Waals surface area contributed by atoms with E-state index < -0.39 is 0 Å². The molecule has 0 unspecified atom stereocenters. The molecule has 0 bridgehead atoms. The number of nitrogens with zero attached hydrogens (tertiary/aromatic N) is 3. The summed E-state index contributed by atoms with van der Waals surface area (Å²) in [7, 11) is 0. The van der Waals surface area contributed by atoms with Gasteiger partial charge in [0.2, 0.25) is 0 Å². The van der Waals surface area contributed by atoms with Gasteiger partial charge in [-0.05, 0) is 41.8 Å². The van der Waals surface area contributed by atoms with Crippen LogP contribution >= 0.6 is 0 Å². The molecule has 0 spiro atoms. The zero-order valence-corrected chi connectivity index (χ0v) is 26.1. The van der Waals surface area contributed by atoms with Crippen molar-refractivity contribution in [3.8, 4) is 33.9 Å². The van der Waals surface area contributed by atoms with Crippen LogP contribution in [0.2, 0.25) is 0 Å². The van der Waals surface area contributed by atoms with E-state index in [1.54, 1.807) is 0 Å². The zero-order valence-electron chi connectivity index (χ0n) is 26.1. The molecule has 3 aromatic heterocycles. The Morgan fingerprint density at radius 1 is 0.354 bits per heavy atom. The minimum atomic E-state index is 0.946. The average molecular weight is 612 g/mol. The maximum absolute atomic E-state index is 5.22. The van der Waals surface area contributed by atoms with E-state index in [2.05, 4.69) is 185 Å². The normalized spacial score (nSPS) is 11.8. The number of rotatable bonds is 4. The number of hydrogen-bond donors (Lipinski definition) is 0. The largest absolute Gasteiger partial charge is 0.309 e. The quantitative estimate of drug-likeness (QED) is 0.194. The van der Waals surface area contributed by atoms with Gasteiger partial charge in [0.1, 0.15) is 0 Å². The van der Waals surface area contributed by atoms with Crippen LogP contribution in [0.4, 0.5) is 0 Å². The van der Waals surface area contributed by atoms with Crippen LogP contribution in [0.1, 0.15) is 0 Å². The Hall–Kier alpha value is -6.45. The first-order chi connectivity index (χ1) is 23.8. The van der Waals surface area contributed by atoms with E-state index in [1.165, 1.54) is 54.4 Å². The van der Waals surface area contributed by atoms with Crippen molar-refractivity contribution in [2.75, 3.05) is 0 Å². The summed E-state index contributed by atoms with van der Waals surface area (Å²) in [4.78, 5) is 5.22. The third kappa shape index (κ3) is 3.98. The number of hydrogen-bond acceptors (Lipinski definition) is 1. The highest BCUT2D eigenvalue weighted by molar-refractivity contribution is 6.28. The molecule has 0 amide bonds. The fourth-order valence-electron chi connectivity index (χ4n) is 7.59. The first-order valence-electron chi connectivity index (χ1n) is 16.4. The summed E-state index contributed by atoms with van der Waals surface area (Å²) in [5.41, 5.74) is 11.1. The van der Waals surface area contributed by atoms with Crippen molar-refractivity contribution in [2.45, 2.75) is 0 Å². The number of para-hydroxylation sites is 3. The molecular formula is C45H29N3. The van der Waals surface area contributed by atoms with E-state index in [4.69, 9.17) is 4.98 Å². The number of aromatic nitrogens is 3. The maximum atomic E-state index is 5.22. The van der Waals surface area contributed by atoms with Crippen LogP contribution in [0, 0.1) is 0 Å². The second-order valence-electron chi connectivity index (χ2n) is 12.4. The van der Waals surface area contributed by atoms with Crippen LogP contribution in [0.15, 0.2) is 176 Å². The highest BCUT2D eigenvalue weighted by atomic mass is 15.0. The molecule has 0 aliphatic rings. The fraction of sp³-hybridized carbons (Fsp3) is 0. The molecule has 7 aromatic carbocycles. The second-order valence-corrected chi connectivity index (χ2v) is 12.4. The smallest absolute Gasteiger partial charge is 0.0730 e. The van der Waals surface area contributed by atoms with Gasteiger partial charge in [-0.1, -0.05) is 140 Å².